The fourth-order valence-electron chi connectivity index (χ4n) is 1.06. The molecule has 0 aromatic carbocycles. The summed E-state index contributed by atoms with van der Waals surface area (Å²) in [6.45, 7) is 1.67. The molecule has 20 heavy (non-hydrogen) atoms. The lowest BCUT2D eigenvalue weighted by Crippen LogP contribution is -2.54. The zero-order chi connectivity index (χ0) is 15.9. The topological polar surface area (TPSA) is 159 Å². The molecule has 0 heterocycles. The van der Waals surface area contributed by atoms with E-state index in [0.717, 1.165) is 6.08 Å². The van der Waals surface area contributed by atoms with Gasteiger partial charge in [0.15, 0.2) is 5.03 Å². The van der Waals surface area contributed by atoms with Gasteiger partial charge >= 0.3 is 11.6 Å². The zero-order valence-corrected chi connectivity index (χ0v) is 10.5. The van der Waals surface area contributed by atoms with E-state index in [-0.39, 0.29) is 5.01 Å². The lowest BCUT2D eigenvalue weighted by atomic mass is 10.2. The molecule has 0 amide bonds. The van der Waals surface area contributed by atoms with Crippen LogP contribution in [0, 0.1) is 30.3 Å². The lowest BCUT2D eigenvalue weighted by molar-refractivity contribution is -0.805. The second-order valence-electron chi connectivity index (χ2n) is 3.73. The monoisotopic (exact) mass is 292 g/mol. The lowest BCUT2D eigenvalue weighted by Gasteiger charge is -2.18. The van der Waals surface area contributed by atoms with E-state index in [1.807, 2.05) is 0 Å². The number of hydrogen-bond acceptors (Lipinski definition) is 8. The van der Waals surface area contributed by atoms with Gasteiger partial charge in [-0.15, -0.1) is 5.01 Å². The van der Waals surface area contributed by atoms with Gasteiger partial charge in [0, 0.05) is 6.08 Å². The predicted octanol–water partition coefficient (Wildman–Crippen LogP) is -0.521. The van der Waals surface area contributed by atoms with Gasteiger partial charge in [0.05, 0.1) is 6.92 Å². The van der Waals surface area contributed by atoms with Gasteiger partial charge in [-0.3, -0.25) is 20.2 Å². The Morgan fingerprint density at radius 1 is 1.30 bits per heavy atom. The van der Waals surface area contributed by atoms with Crippen LogP contribution in [0.25, 0.3) is 0 Å². The van der Waals surface area contributed by atoms with Gasteiger partial charge in [-0.2, -0.15) is 0 Å². The third-order valence-electron chi connectivity index (χ3n) is 2.26. The molecular weight excluding hydrogens is 280 g/mol. The number of ether oxygens (including phenoxy) is 1. The molecule has 0 fully saturated rings. The molecule has 0 aliphatic heterocycles. The molecule has 0 saturated heterocycles. The Labute approximate surface area is 112 Å². The summed E-state index contributed by atoms with van der Waals surface area (Å²) in [5, 5.41) is 31.2. The zero-order valence-electron chi connectivity index (χ0n) is 10.5. The number of esters is 1. The first kappa shape index (κ1) is 17.2. The number of hydrogen-bond donors (Lipinski definition) is 0. The Kier molecular flexibility index (Phi) is 5.99. The molecular formula is C8H12N4O8. The average molecular weight is 292 g/mol. The summed E-state index contributed by atoms with van der Waals surface area (Å²) in [4.78, 5) is 40.3. The molecule has 112 valence electrons. The minimum absolute atomic E-state index is 0.238. The van der Waals surface area contributed by atoms with E-state index in [9.17, 15) is 35.1 Å². The molecule has 12 heteroatoms. The first-order chi connectivity index (χ1) is 9.15. The minimum Gasteiger partial charge on any atom is -0.460 e. The van der Waals surface area contributed by atoms with Crippen LogP contribution in [0.2, 0.25) is 0 Å². The van der Waals surface area contributed by atoms with Crippen LogP contribution in [-0.2, 0) is 9.53 Å². The normalized spacial score (nSPS) is 10.4. The molecule has 0 spiro atoms. The Balaban J connectivity index is 4.81. The van der Waals surface area contributed by atoms with E-state index in [1.54, 1.807) is 0 Å². The van der Waals surface area contributed by atoms with Crippen molar-refractivity contribution in [2.45, 2.75) is 12.6 Å². The number of carbonyl (C=O) groups excluding carboxylic acids is 1. The summed E-state index contributed by atoms with van der Waals surface area (Å²) in [5.74, 6) is -0.834. The van der Waals surface area contributed by atoms with Crippen molar-refractivity contribution in [3.05, 3.63) is 43.0 Å². The summed E-state index contributed by atoms with van der Waals surface area (Å²) in [7, 11) is 0. The number of nitrogens with zero attached hydrogens (tertiary/aromatic N) is 4. The molecule has 0 aromatic rings. The van der Waals surface area contributed by atoms with E-state index in [1.165, 1.54) is 0 Å². The molecule has 0 rings (SSSR count). The Morgan fingerprint density at radius 2 is 1.80 bits per heavy atom. The number of carbonyl (C=O) groups is 1. The SMILES string of the molecule is C=CC(=O)OCCN(CC(C)([N+](=O)[O-])[N+](=O)[O-])[N+](=O)[O-]. The average Bonchev–Trinajstić information content (AvgIpc) is 2.36. The molecule has 0 atom stereocenters. The summed E-state index contributed by atoms with van der Waals surface area (Å²) in [6, 6.07) is 0. The summed E-state index contributed by atoms with van der Waals surface area (Å²) in [5.41, 5.74) is -2.74. The van der Waals surface area contributed by atoms with Crippen LogP contribution in [0.3, 0.4) is 0 Å². The standard InChI is InChI=1S/C8H12N4O8/c1-3-7(13)20-5-4-9(12(18)19)6-8(2,10(14)15)11(16)17/h3H,1,4-6H2,2H3. The number of hydrazine groups is 1. The highest BCUT2D eigenvalue weighted by atomic mass is 16.7. The highest BCUT2D eigenvalue weighted by Gasteiger charge is 2.54. The molecule has 0 unspecified atom stereocenters. The van der Waals surface area contributed by atoms with Gasteiger partial charge < -0.3 is 4.74 Å². The van der Waals surface area contributed by atoms with Crippen LogP contribution >= 0.6 is 0 Å². The van der Waals surface area contributed by atoms with E-state index in [4.69, 9.17) is 0 Å². The van der Waals surface area contributed by atoms with Crippen LogP contribution in [0.5, 0.6) is 0 Å². The van der Waals surface area contributed by atoms with Crippen LogP contribution in [0.1, 0.15) is 6.92 Å². The molecule has 0 N–H and O–H groups in total. The molecule has 0 saturated carbocycles. The van der Waals surface area contributed by atoms with Crippen molar-refractivity contribution < 1.29 is 24.4 Å². The third-order valence-corrected chi connectivity index (χ3v) is 2.26. The minimum atomic E-state index is -2.74. The first-order valence-electron chi connectivity index (χ1n) is 5.12. The molecule has 12 nitrogen and oxygen atoms in total. The van der Waals surface area contributed by atoms with Crippen LogP contribution in [0.15, 0.2) is 12.7 Å². The summed E-state index contributed by atoms with van der Waals surface area (Å²) < 4.78 is 4.46. The quantitative estimate of drug-likeness (QED) is 0.179. The maximum absolute atomic E-state index is 10.7. The summed E-state index contributed by atoms with van der Waals surface area (Å²) >= 11 is 0. The van der Waals surface area contributed by atoms with Crippen molar-refractivity contribution in [1.82, 2.24) is 5.01 Å². The van der Waals surface area contributed by atoms with Crippen molar-refractivity contribution >= 4 is 5.97 Å². The van der Waals surface area contributed by atoms with Gasteiger partial charge in [-0.05, 0) is 0 Å². The van der Waals surface area contributed by atoms with Gasteiger partial charge in [-0.25, -0.2) is 14.9 Å². The van der Waals surface area contributed by atoms with Crippen LogP contribution in [0.4, 0.5) is 0 Å². The van der Waals surface area contributed by atoms with Crippen molar-refractivity contribution in [3.63, 3.8) is 0 Å². The molecule has 0 bridgehead atoms. The van der Waals surface area contributed by atoms with Gasteiger partial charge in [-0.1, -0.05) is 6.58 Å². The highest BCUT2D eigenvalue weighted by Crippen LogP contribution is 2.12. The fraction of sp³-hybridized carbons (Fsp3) is 0.625. The van der Waals surface area contributed by atoms with Crippen molar-refractivity contribution in [3.8, 4) is 0 Å². The fourth-order valence-corrected chi connectivity index (χ4v) is 1.06. The second-order valence-corrected chi connectivity index (χ2v) is 3.73. The van der Waals surface area contributed by atoms with Gasteiger partial charge in [0.2, 0.25) is 6.54 Å². The highest BCUT2D eigenvalue weighted by molar-refractivity contribution is 5.81. The molecule has 0 aliphatic rings. The van der Waals surface area contributed by atoms with E-state index in [2.05, 4.69) is 11.3 Å². The van der Waals surface area contributed by atoms with Gasteiger partial charge in [0.1, 0.15) is 23.0 Å². The predicted molar refractivity (Wildman–Crippen MR) is 62.1 cm³/mol. The van der Waals surface area contributed by atoms with E-state index >= 15 is 0 Å². The number of rotatable bonds is 9. The first-order valence-corrected chi connectivity index (χ1v) is 5.12. The van der Waals surface area contributed by atoms with Crippen LogP contribution < -0.4 is 0 Å². The second kappa shape index (κ2) is 6.96. The van der Waals surface area contributed by atoms with Crippen molar-refractivity contribution in [2.24, 2.45) is 0 Å². The Hall–Kier alpha value is -2.79. The Morgan fingerprint density at radius 3 is 2.15 bits per heavy atom. The maximum Gasteiger partial charge on any atom is 0.478 e. The van der Waals surface area contributed by atoms with E-state index in [0.29, 0.717) is 6.92 Å². The Bertz CT molecular complexity index is 422. The van der Waals surface area contributed by atoms with E-state index < -0.39 is 46.2 Å². The molecule has 0 radical (unpaired) electrons. The smallest absolute Gasteiger partial charge is 0.460 e. The maximum atomic E-state index is 10.7. The molecule has 0 aliphatic carbocycles. The van der Waals surface area contributed by atoms with Gasteiger partial charge in [0.25, 0.3) is 0 Å². The molecule has 0 aromatic heterocycles. The van der Waals surface area contributed by atoms with Crippen molar-refractivity contribution in [1.29, 1.82) is 0 Å². The third kappa shape index (κ3) is 4.47. The number of nitro groups is 3. The summed E-state index contributed by atoms with van der Waals surface area (Å²) in [6.07, 6.45) is 0.828. The largest absolute Gasteiger partial charge is 0.478 e. The van der Waals surface area contributed by atoms with Crippen LogP contribution in [-0.4, -0.2) is 51.2 Å². The van der Waals surface area contributed by atoms with Crippen molar-refractivity contribution in [2.75, 3.05) is 19.7 Å².